The summed E-state index contributed by atoms with van der Waals surface area (Å²) < 4.78 is 1.91. The molecule has 0 fully saturated rings. The zero-order valence-electron chi connectivity index (χ0n) is 12.2. The van der Waals surface area contributed by atoms with Gasteiger partial charge in [0.05, 0.1) is 17.3 Å². The van der Waals surface area contributed by atoms with Gasteiger partial charge in [-0.1, -0.05) is 12.1 Å². The minimum atomic E-state index is 0.0457. The van der Waals surface area contributed by atoms with E-state index in [1.54, 1.807) is 6.20 Å². The molecule has 21 heavy (non-hydrogen) atoms. The van der Waals surface area contributed by atoms with Crippen LogP contribution in [0.2, 0.25) is 0 Å². The third-order valence-electron chi connectivity index (χ3n) is 3.74. The number of aromatic nitrogens is 3. The highest BCUT2D eigenvalue weighted by Gasteiger charge is 2.14. The molecular weight excluding hydrogens is 262 g/mol. The van der Waals surface area contributed by atoms with Crippen LogP contribution in [-0.2, 0) is 13.5 Å². The Labute approximate surface area is 123 Å². The van der Waals surface area contributed by atoms with Gasteiger partial charge in [-0.2, -0.15) is 5.10 Å². The Morgan fingerprint density at radius 1 is 1.29 bits per heavy atom. The van der Waals surface area contributed by atoms with E-state index in [0.29, 0.717) is 0 Å². The summed E-state index contributed by atoms with van der Waals surface area (Å²) in [6.07, 6.45) is 2.60. The van der Waals surface area contributed by atoms with Gasteiger partial charge in [-0.15, -0.1) is 0 Å². The highest BCUT2D eigenvalue weighted by molar-refractivity contribution is 5.79. The second-order valence-electron chi connectivity index (χ2n) is 5.28. The molecule has 0 bridgehead atoms. The van der Waals surface area contributed by atoms with Gasteiger partial charge in [0.25, 0.3) is 0 Å². The molecule has 0 saturated heterocycles. The smallest absolute Gasteiger partial charge is 0.0702 e. The van der Waals surface area contributed by atoms with Gasteiger partial charge in [-0.3, -0.25) is 20.9 Å². The van der Waals surface area contributed by atoms with Crippen molar-refractivity contribution in [2.45, 2.75) is 19.4 Å². The number of pyridine rings is 1. The molecule has 0 amide bonds. The second kappa shape index (κ2) is 5.63. The summed E-state index contributed by atoms with van der Waals surface area (Å²) in [5.74, 6) is 5.76. The molecule has 5 heteroatoms. The first-order valence-electron chi connectivity index (χ1n) is 6.97. The normalized spacial score (nSPS) is 12.7. The summed E-state index contributed by atoms with van der Waals surface area (Å²) in [5, 5.41) is 5.50. The summed E-state index contributed by atoms with van der Waals surface area (Å²) in [6, 6.07) is 12.4. The number of nitrogens with two attached hydrogens (primary N) is 1. The van der Waals surface area contributed by atoms with Crippen molar-refractivity contribution in [3.63, 3.8) is 0 Å². The van der Waals surface area contributed by atoms with Crippen LogP contribution < -0.4 is 11.3 Å². The van der Waals surface area contributed by atoms with Gasteiger partial charge in [-0.05, 0) is 36.8 Å². The van der Waals surface area contributed by atoms with E-state index in [4.69, 9.17) is 5.84 Å². The predicted molar refractivity (Wildman–Crippen MR) is 83.5 cm³/mol. The van der Waals surface area contributed by atoms with Crippen LogP contribution in [0.15, 0.2) is 42.6 Å². The average Bonchev–Trinajstić information content (AvgIpc) is 2.82. The molecule has 108 valence electrons. The lowest BCUT2D eigenvalue weighted by Crippen LogP contribution is -2.30. The predicted octanol–water partition coefficient (Wildman–Crippen LogP) is 2.02. The minimum Gasteiger partial charge on any atom is -0.272 e. The van der Waals surface area contributed by atoms with E-state index in [1.807, 2.05) is 30.8 Å². The molecule has 3 rings (SSSR count). The van der Waals surface area contributed by atoms with Crippen molar-refractivity contribution in [2.75, 3.05) is 0 Å². The van der Waals surface area contributed by atoms with Crippen LogP contribution in [0, 0.1) is 6.92 Å². The fourth-order valence-electron chi connectivity index (χ4n) is 2.65. The number of fused-ring (bicyclic) bond motifs is 1. The zero-order valence-corrected chi connectivity index (χ0v) is 12.2. The molecule has 0 saturated carbocycles. The molecule has 2 aromatic heterocycles. The van der Waals surface area contributed by atoms with E-state index >= 15 is 0 Å². The molecule has 0 spiro atoms. The average molecular weight is 281 g/mol. The first-order chi connectivity index (χ1) is 10.2. The number of benzene rings is 1. The summed E-state index contributed by atoms with van der Waals surface area (Å²) in [7, 11) is 1.96. The van der Waals surface area contributed by atoms with Gasteiger partial charge in [0.15, 0.2) is 0 Å². The number of hydrazine groups is 1. The summed E-state index contributed by atoms with van der Waals surface area (Å²) in [4.78, 5) is 4.34. The minimum absolute atomic E-state index is 0.0457. The zero-order chi connectivity index (χ0) is 14.8. The number of hydrogen-bond acceptors (Lipinski definition) is 4. The van der Waals surface area contributed by atoms with E-state index in [9.17, 15) is 0 Å². The molecule has 0 aliphatic rings. The third-order valence-corrected chi connectivity index (χ3v) is 3.74. The molecule has 5 nitrogen and oxygen atoms in total. The number of nitrogens with one attached hydrogen (secondary N) is 1. The first-order valence-corrected chi connectivity index (χ1v) is 6.97. The first kappa shape index (κ1) is 13.7. The van der Waals surface area contributed by atoms with Crippen molar-refractivity contribution in [3.8, 4) is 0 Å². The summed E-state index contributed by atoms with van der Waals surface area (Å²) >= 11 is 0. The maximum absolute atomic E-state index is 5.76. The van der Waals surface area contributed by atoms with E-state index in [2.05, 4.69) is 39.8 Å². The van der Waals surface area contributed by atoms with Crippen LogP contribution >= 0.6 is 0 Å². The highest BCUT2D eigenvalue weighted by Crippen LogP contribution is 2.22. The Hall–Kier alpha value is -2.24. The van der Waals surface area contributed by atoms with Crippen LogP contribution in [0.1, 0.15) is 23.0 Å². The van der Waals surface area contributed by atoms with Gasteiger partial charge in [0, 0.05) is 30.7 Å². The van der Waals surface area contributed by atoms with Crippen molar-refractivity contribution in [1.29, 1.82) is 0 Å². The third kappa shape index (κ3) is 2.79. The molecular formula is C16H19N5. The fraction of sp³-hybridized carbons (Fsp3) is 0.250. The van der Waals surface area contributed by atoms with E-state index in [0.717, 1.165) is 34.3 Å². The van der Waals surface area contributed by atoms with Crippen LogP contribution in [0.3, 0.4) is 0 Å². The molecule has 3 aromatic rings. The standard InChI is InChI=1S/C16H19N5/c1-11-8-14(21(2)20-11)10-16(19-17)13-5-6-15-12(9-13)4-3-7-18-15/h3-9,16,19H,10,17H2,1-2H3. The lowest BCUT2D eigenvalue weighted by Gasteiger charge is -2.17. The Bertz CT molecular complexity index is 762. The van der Waals surface area contributed by atoms with Crippen LogP contribution in [0.25, 0.3) is 10.9 Å². The number of aryl methyl sites for hydroxylation is 2. The van der Waals surface area contributed by atoms with Crippen molar-refractivity contribution in [2.24, 2.45) is 12.9 Å². The topological polar surface area (TPSA) is 68.8 Å². The molecule has 1 unspecified atom stereocenters. The largest absolute Gasteiger partial charge is 0.272 e. The molecule has 1 atom stereocenters. The van der Waals surface area contributed by atoms with Gasteiger partial charge in [-0.25, -0.2) is 0 Å². The Morgan fingerprint density at radius 3 is 2.86 bits per heavy atom. The lowest BCUT2D eigenvalue weighted by atomic mass is 10.0. The fourth-order valence-corrected chi connectivity index (χ4v) is 2.65. The number of nitrogens with zero attached hydrogens (tertiary/aromatic N) is 3. The summed E-state index contributed by atoms with van der Waals surface area (Å²) in [5.41, 5.74) is 7.22. The number of rotatable bonds is 4. The van der Waals surface area contributed by atoms with Gasteiger partial charge < -0.3 is 0 Å². The summed E-state index contributed by atoms with van der Waals surface area (Å²) in [6.45, 7) is 2.00. The Kier molecular flexibility index (Phi) is 3.68. The SMILES string of the molecule is Cc1cc(CC(NN)c2ccc3ncccc3c2)n(C)n1. The quantitative estimate of drug-likeness (QED) is 0.567. The Balaban J connectivity index is 1.92. The molecule has 0 aliphatic heterocycles. The molecule has 3 N–H and O–H groups in total. The second-order valence-corrected chi connectivity index (χ2v) is 5.28. The van der Waals surface area contributed by atoms with Crippen molar-refractivity contribution < 1.29 is 0 Å². The van der Waals surface area contributed by atoms with Crippen molar-refractivity contribution in [3.05, 3.63) is 59.5 Å². The van der Waals surface area contributed by atoms with Gasteiger partial charge in [0.1, 0.15) is 0 Å². The van der Waals surface area contributed by atoms with E-state index < -0.39 is 0 Å². The maximum atomic E-state index is 5.76. The van der Waals surface area contributed by atoms with E-state index in [1.165, 1.54) is 0 Å². The van der Waals surface area contributed by atoms with Crippen molar-refractivity contribution >= 4 is 10.9 Å². The molecule has 0 aliphatic carbocycles. The molecule has 2 heterocycles. The van der Waals surface area contributed by atoms with Gasteiger partial charge in [0.2, 0.25) is 0 Å². The van der Waals surface area contributed by atoms with E-state index in [-0.39, 0.29) is 6.04 Å². The Morgan fingerprint density at radius 2 is 2.14 bits per heavy atom. The molecule has 1 aromatic carbocycles. The highest BCUT2D eigenvalue weighted by atomic mass is 15.3. The maximum Gasteiger partial charge on any atom is 0.0702 e. The van der Waals surface area contributed by atoms with Crippen LogP contribution in [0.5, 0.6) is 0 Å². The monoisotopic (exact) mass is 281 g/mol. The van der Waals surface area contributed by atoms with Crippen LogP contribution in [-0.4, -0.2) is 14.8 Å². The van der Waals surface area contributed by atoms with Crippen LogP contribution in [0.4, 0.5) is 0 Å². The lowest BCUT2D eigenvalue weighted by molar-refractivity contribution is 0.530. The van der Waals surface area contributed by atoms with Crippen molar-refractivity contribution in [1.82, 2.24) is 20.2 Å². The van der Waals surface area contributed by atoms with Gasteiger partial charge >= 0.3 is 0 Å². The molecule has 0 radical (unpaired) electrons. The number of hydrogen-bond donors (Lipinski definition) is 2.